The van der Waals surface area contributed by atoms with E-state index in [0.29, 0.717) is 16.8 Å². The van der Waals surface area contributed by atoms with Crippen molar-refractivity contribution in [1.82, 2.24) is 20.4 Å². The number of carbonyl (C=O) groups is 2. The smallest absolute Gasteiger partial charge is 0.297 e. The number of furan rings is 1. The number of hydrogen-bond acceptors (Lipinski definition) is 6. The molecule has 9 heteroatoms. The van der Waals surface area contributed by atoms with Crippen molar-refractivity contribution in [2.45, 2.75) is 20.4 Å². The fourth-order valence-corrected chi connectivity index (χ4v) is 3.10. The van der Waals surface area contributed by atoms with E-state index in [1.165, 1.54) is 6.33 Å². The first-order valence-corrected chi connectivity index (χ1v) is 9.57. The number of amides is 2. The molecule has 0 atom stereocenters. The average Bonchev–Trinajstić information content (AvgIpc) is 3.14. The fourth-order valence-electron chi connectivity index (χ4n) is 3.10. The Morgan fingerprint density at radius 3 is 2.71 bits per heavy atom. The minimum absolute atomic E-state index is 0.0717. The van der Waals surface area contributed by atoms with Crippen molar-refractivity contribution in [1.29, 1.82) is 0 Å². The van der Waals surface area contributed by atoms with Crippen LogP contribution in [0.15, 0.2) is 58.0 Å². The Bertz CT molecular complexity index is 1360. The maximum absolute atomic E-state index is 12.6. The zero-order valence-electron chi connectivity index (χ0n) is 17.0. The molecular formula is C22H20N4O5. The summed E-state index contributed by atoms with van der Waals surface area (Å²) in [6.07, 6.45) is 1.28. The van der Waals surface area contributed by atoms with E-state index in [4.69, 9.17) is 9.15 Å². The molecule has 31 heavy (non-hydrogen) atoms. The number of nitrogens with one attached hydrogen (secondary N) is 2. The summed E-state index contributed by atoms with van der Waals surface area (Å²) in [5.74, 6) is -0.537. The molecule has 0 spiro atoms. The Morgan fingerprint density at radius 2 is 1.87 bits per heavy atom. The summed E-state index contributed by atoms with van der Waals surface area (Å²) in [4.78, 5) is 41.0. The molecule has 2 amide bonds. The first kappa shape index (κ1) is 20.1. The first-order valence-electron chi connectivity index (χ1n) is 9.57. The normalized spacial score (nSPS) is 10.9. The van der Waals surface area contributed by atoms with Gasteiger partial charge in [0.25, 0.3) is 17.4 Å². The van der Waals surface area contributed by atoms with Gasteiger partial charge in [-0.25, -0.2) is 4.98 Å². The van der Waals surface area contributed by atoms with Gasteiger partial charge in [-0.05, 0) is 43.2 Å². The lowest BCUT2D eigenvalue weighted by Gasteiger charge is -2.11. The van der Waals surface area contributed by atoms with Gasteiger partial charge in [0.1, 0.15) is 23.4 Å². The zero-order chi connectivity index (χ0) is 22.0. The number of rotatable bonds is 5. The van der Waals surface area contributed by atoms with Crippen LogP contribution in [0.2, 0.25) is 0 Å². The van der Waals surface area contributed by atoms with Gasteiger partial charge in [-0.15, -0.1) is 0 Å². The molecular weight excluding hydrogens is 400 g/mol. The van der Waals surface area contributed by atoms with Crippen LogP contribution in [0.4, 0.5) is 0 Å². The number of fused-ring (bicyclic) bond motifs is 3. The molecule has 0 aliphatic carbocycles. The second-order valence-electron chi connectivity index (χ2n) is 7.11. The number of nitrogens with zero attached hydrogens (tertiary/aromatic N) is 2. The van der Waals surface area contributed by atoms with Gasteiger partial charge in [-0.2, -0.15) is 0 Å². The third kappa shape index (κ3) is 4.25. The zero-order valence-corrected chi connectivity index (χ0v) is 17.0. The van der Waals surface area contributed by atoms with E-state index in [0.717, 1.165) is 21.1 Å². The van der Waals surface area contributed by atoms with Crippen molar-refractivity contribution in [3.8, 4) is 5.75 Å². The van der Waals surface area contributed by atoms with E-state index in [1.54, 1.807) is 18.2 Å². The second kappa shape index (κ2) is 8.31. The molecule has 2 aromatic carbocycles. The lowest BCUT2D eigenvalue weighted by molar-refractivity contribution is -0.130. The lowest BCUT2D eigenvalue weighted by Crippen LogP contribution is -2.45. The van der Waals surface area contributed by atoms with E-state index in [9.17, 15) is 14.4 Å². The van der Waals surface area contributed by atoms with Gasteiger partial charge in [0.2, 0.25) is 5.58 Å². The molecule has 0 bridgehead atoms. The monoisotopic (exact) mass is 420 g/mol. The summed E-state index contributed by atoms with van der Waals surface area (Å²) in [5.41, 5.74) is 7.00. The number of hydrazine groups is 1. The highest BCUT2D eigenvalue weighted by Crippen LogP contribution is 2.24. The van der Waals surface area contributed by atoms with Crippen LogP contribution in [0, 0.1) is 13.8 Å². The molecule has 2 heterocycles. The Morgan fingerprint density at radius 1 is 1.10 bits per heavy atom. The molecule has 0 saturated heterocycles. The number of carbonyl (C=O) groups excluding carboxylic acids is 2. The molecule has 0 radical (unpaired) electrons. The van der Waals surface area contributed by atoms with Crippen LogP contribution in [0.1, 0.15) is 11.1 Å². The number of benzene rings is 2. The van der Waals surface area contributed by atoms with Crippen LogP contribution < -0.4 is 21.1 Å². The standard InChI is InChI=1S/C22H20N4O5/c1-13-7-8-14(2)17(9-13)30-11-19(28)25-24-18(27)10-26-12-23-20-15-5-3-4-6-16(15)31-21(20)22(26)29/h3-9,12H,10-11H2,1-2H3,(H,24,27)(H,25,28). The molecule has 0 saturated carbocycles. The molecule has 9 nitrogen and oxygen atoms in total. The summed E-state index contributed by atoms with van der Waals surface area (Å²) >= 11 is 0. The van der Waals surface area contributed by atoms with Gasteiger partial charge in [-0.1, -0.05) is 24.3 Å². The highest BCUT2D eigenvalue weighted by molar-refractivity contribution is 6.01. The minimum atomic E-state index is -0.598. The third-order valence-electron chi connectivity index (χ3n) is 4.71. The number of para-hydroxylation sites is 1. The minimum Gasteiger partial charge on any atom is -0.483 e. The van der Waals surface area contributed by atoms with E-state index in [1.807, 2.05) is 38.1 Å². The highest BCUT2D eigenvalue weighted by atomic mass is 16.5. The number of hydrogen-bond donors (Lipinski definition) is 2. The maximum atomic E-state index is 12.6. The highest BCUT2D eigenvalue weighted by Gasteiger charge is 2.15. The summed E-state index contributed by atoms with van der Waals surface area (Å²) in [5, 5.41) is 0.724. The average molecular weight is 420 g/mol. The Labute approximate surface area is 176 Å². The number of aryl methyl sites for hydroxylation is 2. The van der Waals surface area contributed by atoms with Crippen LogP contribution in [0.3, 0.4) is 0 Å². The van der Waals surface area contributed by atoms with Crippen LogP contribution in [0.5, 0.6) is 5.75 Å². The third-order valence-corrected chi connectivity index (χ3v) is 4.71. The SMILES string of the molecule is Cc1ccc(C)c(OCC(=O)NNC(=O)Cn2cnc3c(oc4ccccc43)c2=O)c1. The molecule has 2 N–H and O–H groups in total. The van der Waals surface area contributed by atoms with Crippen molar-refractivity contribution < 1.29 is 18.7 Å². The molecule has 0 aliphatic heterocycles. The van der Waals surface area contributed by atoms with Crippen molar-refractivity contribution in [2.75, 3.05) is 6.61 Å². The van der Waals surface area contributed by atoms with E-state index >= 15 is 0 Å². The molecule has 158 valence electrons. The molecule has 4 aromatic rings. The summed E-state index contributed by atoms with van der Waals surface area (Å²) in [6, 6.07) is 12.8. The van der Waals surface area contributed by atoms with Crippen molar-refractivity contribution in [3.63, 3.8) is 0 Å². The fraction of sp³-hybridized carbons (Fsp3) is 0.182. The predicted octanol–water partition coefficient (Wildman–Crippen LogP) is 1.99. The summed E-state index contributed by atoms with van der Waals surface area (Å²) in [7, 11) is 0. The molecule has 2 aromatic heterocycles. The van der Waals surface area contributed by atoms with Crippen LogP contribution in [-0.2, 0) is 16.1 Å². The van der Waals surface area contributed by atoms with E-state index < -0.39 is 17.4 Å². The van der Waals surface area contributed by atoms with E-state index in [-0.39, 0.29) is 18.7 Å². The first-order chi connectivity index (χ1) is 14.9. The second-order valence-corrected chi connectivity index (χ2v) is 7.11. The van der Waals surface area contributed by atoms with Gasteiger partial charge in [-0.3, -0.25) is 29.8 Å². The Hall–Kier alpha value is -4.14. The molecule has 0 aliphatic rings. The van der Waals surface area contributed by atoms with Crippen molar-refractivity contribution >= 4 is 33.9 Å². The molecule has 0 unspecified atom stereocenters. The quantitative estimate of drug-likeness (QED) is 0.477. The van der Waals surface area contributed by atoms with Crippen LogP contribution in [0.25, 0.3) is 22.1 Å². The Kier molecular flexibility index (Phi) is 5.40. The molecule has 4 rings (SSSR count). The number of aromatic nitrogens is 2. The summed E-state index contributed by atoms with van der Waals surface area (Å²) < 4.78 is 12.2. The lowest BCUT2D eigenvalue weighted by atomic mass is 10.1. The van der Waals surface area contributed by atoms with Gasteiger partial charge >= 0.3 is 0 Å². The largest absolute Gasteiger partial charge is 0.483 e. The van der Waals surface area contributed by atoms with Crippen LogP contribution >= 0.6 is 0 Å². The van der Waals surface area contributed by atoms with Crippen LogP contribution in [-0.4, -0.2) is 28.0 Å². The van der Waals surface area contributed by atoms with Gasteiger partial charge in [0, 0.05) is 5.39 Å². The number of ether oxygens (including phenoxy) is 1. The van der Waals surface area contributed by atoms with Crippen molar-refractivity contribution in [3.05, 3.63) is 70.3 Å². The van der Waals surface area contributed by atoms with Crippen molar-refractivity contribution in [2.24, 2.45) is 0 Å². The molecule has 0 fully saturated rings. The van der Waals surface area contributed by atoms with Gasteiger partial charge in [0.15, 0.2) is 6.61 Å². The maximum Gasteiger partial charge on any atom is 0.297 e. The topological polar surface area (TPSA) is 115 Å². The summed E-state index contributed by atoms with van der Waals surface area (Å²) in [6.45, 7) is 3.19. The van der Waals surface area contributed by atoms with E-state index in [2.05, 4.69) is 15.8 Å². The predicted molar refractivity (Wildman–Crippen MR) is 113 cm³/mol. The van der Waals surface area contributed by atoms with Gasteiger partial charge < -0.3 is 9.15 Å². The van der Waals surface area contributed by atoms with Gasteiger partial charge in [0.05, 0.1) is 6.33 Å². The Balaban J connectivity index is 1.36.